The minimum atomic E-state index is -0.831. The van der Waals surface area contributed by atoms with Gasteiger partial charge in [0.05, 0.1) is 11.6 Å². The van der Waals surface area contributed by atoms with Gasteiger partial charge in [-0.1, -0.05) is 41.9 Å². The fourth-order valence-corrected chi connectivity index (χ4v) is 3.54. The number of hydrogen-bond acceptors (Lipinski definition) is 3. The summed E-state index contributed by atoms with van der Waals surface area (Å²) in [5, 5.41) is 11.4. The molecule has 3 aromatic rings. The summed E-state index contributed by atoms with van der Waals surface area (Å²) in [6.45, 7) is 0. The normalized spacial score (nSPS) is 18.3. The first-order valence-electron chi connectivity index (χ1n) is 8.85. The molecule has 1 heterocycles. The zero-order chi connectivity index (χ0) is 20.5. The minimum absolute atomic E-state index is 0.0530. The van der Waals surface area contributed by atoms with Crippen LogP contribution in [0.2, 0.25) is 5.02 Å². The van der Waals surface area contributed by atoms with Crippen LogP contribution in [0.25, 0.3) is 5.76 Å². The van der Waals surface area contributed by atoms with E-state index >= 15 is 0 Å². The average Bonchev–Trinajstić information content (AvgIpc) is 3.00. The molecule has 0 bridgehead atoms. The van der Waals surface area contributed by atoms with Gasteiger partial charge in [0.2, 0.25) is 0 Å². The quantitative estimate of drug-likeness (QED) is 0.373. The largest absolute Gasteiger partial charge is 0.507 e. The van der Waals surface area contributed by atoms with E-state index in [2.05, 4.69) is 0 Å². The molecule has 1 aliphatic heterocycles. The fourth-order valence-electron chi connectivity index (χ4n) is 3.41. The molecule has 0 radical (unpaired) electrons. The van der Waals surface area contributed by atoms with E-state index in [0.29, 0.717) is 16.3 Å². The zero-order valence-corrected chi connectivity index (χ0v) is 15.8. The van der Waals surface area contributed by atoms with Crippen LogP contribution >= 0.6 is 11.6 Å². The summed E-state index contributed by atoms with van der Waals surface area (Å²) >= 11 is 5.96. The number of ketones is 1. The van der Waals surface area contributed by atoms with Crippen LogP contribution in [0.4, 0.5) is 10.1 Å². The van der Waals surface area contributed by atoms with E-state index in [1.54, 1.807) is 48.5 Å². The third-order valence-electron chi connectivity index (χ3n) is 4.78. The molecule has 1 fully saturated rings. The van der Waals surface area contributed by atoms with E-state index in [1.807, 2.05) is 6.07 Å². The molecule has 144 valence electrons. The average molecular weight is 408 g/mol. The fraction of sp³-hybridized carbons (Fsp3) is 0.0435. The topological polar surface area (TPSA) is 57.6 Å². The second-order valence-electron chi connectivity index (χ2n) is 6.56. The number of carbonyl (C=O) groups is 2. The Balaban J connectivity index is 1.93. The van der Waals surface area contributed by atoms with Crippen LogP contribution in [0.1, 0.15) is 17.2 Å². The van der Waals surface area contributed by atoms with Gasteiger partial charge in [-0.15, -0.1) is 0 Å². The van der Waals surface area contributed by atoms with Crippen molar-refractivity contribution in [3.8, 4) is 0 Å². The maximum Gasteiger partial charge on any atom is 0.300 e. The molecular formula is C23H15ClFNO3. The molecule has 0 spiro atoms. The molecule has 1 amide bonds. The lowest BCUT2D eigenvalue weighted by atomic mass is 9.95. The molecule has 1 saturated heterocycles. The lowest BCUT2D eigenvalue weighted by Crippen LogP contribution is -2.29. The van der Waals surface area contributed by atoms with Gasteiger partial charge in [0.25, 0.3) is 11.7 Å². The first-order valence-corrected chi connectivity index (χ1v) is 9.22. The Morgan fingerprint density at radius 3 is 2.14 bits per heavy atom. The zero-order valence-electron chi connectivity index (χ0n) is 15.0. The molecule has 1 unspecified atom stereocenters. The lowest BCUT2D eigenvalue weighted by Gasteiger charge is -2.25. The van der Waals surface area contributed by atoms with Crippen LogP contribution in [0.3, 0.4) is 0 Å². The number of benzene rings is 3. The Morgan fingerprint density at radius 1 is 0.897 bits per heavy atom. The molecule has 6 heteroatoms. The SMILES string of the molecule is O=C1C(=O)N(c2ccc(Cl)cc2)C(c2ccccc2)/C1=C(\O)c1ccc(F)cc1. The summed E-state index contributed by atoms with van der Waals surface area (Å²) in [7, 11) is 0. The van der Waals surface area contributed by atoms with Gasteiger partial charge in [-0.25, -0.2) is 4.39 Å². The Morgan fingerprint density at radius 2 is 1.52 bits per heavy atom. The van der Waals surface area contributed by atoms with E-state index in [-0.39, 0.29) is 16.9 Å². The number of carbonyl (C=O) groups excluding carboxylic acids is 2. The summed E-state index contributed by atoms with van der Waals surface area (Å²) in [5.41, 5.74) is 1.33. The molecule has 4 rings (SSSR count). The minimum Gasteiger partial charge on any atom is -0.507 e. The third kappa shape index (κ3) is 3.41. The first kappa shape index (κ1) is 18.9. The van der Waals surface area contributed by atoms with Crippen LogP contribution < -0.4 is 4.90 Å². The Hall–Kier alpha value is -3.44. The maximum absolute atomic E-state index is 13.3. The first-order chi connectivity index (χ1) is 14.0. The van der Waals surface area contributed by atoms with Crippen molar-refractivity contribution < 1.29 is 19.1 Å². The van der Waals surface area contributed by atoms with Crippen molar-refractivity contribution in [2.45, 2.75) is 6.04 Å². The summed E-state index contributed by atoms with van der Waals surface area (Å²) in [4.78, 5) is 27.2. The summed E-state index contributed by atoms with van der Waals surface area (Å²) < 4.78 is 13.3. The molecule has 1 N–H and O–H groups in total. The van der Waals surface area contributed by atoms with Gasteiger partial charge in [0.1, 0.15) is 11.6 Å². The van der Waals surface area contributed by atoms with E-state index in [9.17, 15) is 19.1 Å². The van der Waals surface area contributed by atoms with Crippen molar-refractivity contribution in [1.29, 1.82) is 0 Å². The smallest absolute Gasteiger partial charge is 0.300 e. The van der Waals surface area contributed by atoms with Gasteiger partial charge in [0.15, 0.2) is 0 Å². The van der Waals surface area contributed by atoms with Gasteiger partial charge in [-0.2, -0.15) is 0 Å². The number of amides is 1. The van der Waals surface area contributed by atoms with Gasteiger partial charge in [0, 0.05) is 16.3 Å². The van der Waals surface area contributed by atoms with Crippen molar-refractivity contribution in [3.63, 3.8) is 0 Å². The van der Waals surface area contributed by atoms with Gasteiger partial charge in [-0.05, 0) is 54.1 Å². The highest BCUT2D eigenvalue weighted by Crippen LogP contribution is 2.42. The number of nitrogens with zero attached hydrogens (tertiary/aromatic N) is 1. The summed E-state index contributed by atoms with van der Waals surface area (Å²) in [5.74, 6) is -2.39. The van der Waals surface area contributed by atoms with Crippen molar-refractivity contribution in [2.24, 2.45) is 0 Å². The molecule has 3 aromatic carbocycles. The van der Waals surface area contributed by atoms with Crippen LogP contribution in [-0.4, -0.2) is 16.8 Å². The van der Waals surface area contributed by atoms with Gasteiger partial charge in [-0.3, -0.25) is 14.5 Å². The monoisotopic (exact) mass is 407 g/mol. The maximum atomic E-state index is 13.3. The molecular weight excluding hydrogens is 393 g/mol. The lowest BCUT2D eigenvalue weighted by molar-refractivity contribution is -0.132. The Labute approximate surface area is 171 Å². The highest BCUT2D eigenvalue weighted by atomic mass is 35.5. The van der Waals surface area contributed by atoms with Crippen LogP contribution in [0.5, 0.6) is 0 Å². The third-order valence-corrected chi connectivity index (χ3v) is 5.03. The van der Waals surface area contributed by atoms with E-state index < -0.39 is 23.5 Å². The number of hydrogen-bond donors (Lipinski definition) is 1. The second kappa shape index (κ2) is 7.53. The molecule has 1 aliphatic rings. The van der Waals surface area contributed by atoms with Crippen molar-refractivity contribution in [2.75, 3.05) is 4.90 Å². The highest BCUT2D eigenvalue weighted by molar-refractivity contribution is 6.51. The molecule has 0 aromatic heterocycles. The van der Waals surface area contributed by atoms with E-state index in [1.165, 1.54) is 29.2 Å². The van der Waals surface area contributed by atoms with E-state index in [4.69, 9.17) is 11.6 Å². The molecule has 0 saturated carbocycles. The molecule has 29 heavy (non-hydrogen) atoms. The summed E-state index contributed by atoms with van der Waals surface area (Å²) in [6.07, 6.45) is 0. The number of aliphatic hydroxyl groups is 1. The van der Waals surface area contributed by atoms with Crippen molar-refractivity contribution in [1.82, 2.24) is 0 Å². The molecule has 1 atom stereocenters. The van der Waals surface area contributed by atoms with Crippen LogP contribution in [-0.2, 0) is 9.59 Å². The van der Waals surface area contributed by atoms with Crippen molar-refractivity contribution in [3.05, 3.63) is 106 Å². The van der Waals surface area contributed by atoms with Crippen LogP contribution in [0.15, 0.2) is 84.4 Å². The number of halogens is 2. The molecule has 4 nitrogen and oxygen atoms in total. The number of rotatable bonds is 3. The second-order valence-corrected chi connectivity index (χ2v) is 7.00. The van der Waals surface area contributed by atoms with Crippen LogP contribution in [0, 0.1) is 5.82 Å². The molecule has 0 aliphatic carbocycles. The summed E-state index contributed by atoms with van der Waals surface area (Å²) in [6, 6.07) is 19.7. The van der Waals surface area contributed by atoms with E-state index in [0.717, 1.165) is 0 Å². The Kier molecular flexibility index (Phi) is 4.91. The standard InChI is InChI=1S/C23H15ClFNO3/c24-16-8-12-18(13-9-16)26-20(14-4-2-1-3-5-14)19(22(28)23(26)29)21(27)15-6-10-17(25)11-7-15/h1-13,20,27H/b21-19+. The predicted molar refractivity (Wildman–Crippen MR) is 109 cm³/mol. The number of Topliss-reactive ketones (excluding diaryl/α,β-unsaturated/α-hetero) is 1. The van der Waals surface area contributed by atoms with Gasteiger partial charge < -0.3 is 5.11 Å². The number of anilines is 1. The Bertz CT molecular complexity index is 1110. The highest BCUT2D eigenvalue weighted by Gasteiger charge is 2.46. The van der Waals surface area contributed by atoms with Gasteiger partial charge >= 0.3 is 0 Å². The predicted octanol–water partition coefficient (Wildman–Crippen LogP) is 5.11. The van der Waals surface area contributed by atoms with Crippen molar-refractivity contribution >= 4 is 34.7 Å². The number of aliphatic hydroxyl groups excluding tert-OH is 1.